The second-order valence-electron chi connectivity index (χ2n) is 8.56. The minimum Gasteiger partial charge on any atom is -0.497 e. The number of aromatic nitrogens is 3. The van der Waals surface area contributed by atoms with Crippen molar-refractivity contribution < 1.29 is 9.53 Å². The molecular formula is C27H25Cl2N5O2. The van der Waals surface area contributed by atoms with E-state index in [-0.39, 0.29) is 5.91 Å². The number of carbonyl (C=O) groups is 1. The van der Waals surface area contributed by atoms with Gasteiger partial charge in [0.1, 0.15) is 17.4 Å². The van der Waals surface area contributed by atoms with Crippen molar-refractivity contribution in [1.82, 2.24) is 19.9 Å². The maximum Gasteiger partial charge on any atom is 0.227 e. The Morgan fingerprint density at radius 3 is 2.53 bits per heavy atom. The summed E-state index contributed by atoms with van der Waals surface area (Å²) in [6.45, 7) is 2.80. The number of rotatable bonds is 6. The molecule has 5 rings (SSSR count). The number of piperazine rings is 1. The maximum absolute atomic E-state index is 12.8. The number of ether oxygens (including phenoxy) is 1. The lowest BCUT2D eigenvalue weighted by Crippen LogP contribution is -2.49. The van der Waals surface area contributed by atoms with Gasteiger partial charge in [-0.05, 0) is 42.0 Å². The van der Waals surface area contributed by atoms with Crippen LogP contribution in [0.3, 0.4) is 0 Å². The predicted molar refractivity (Wildman–Crippen MR) is 143 cm³/mol. The fraction of sp³-hybridized carbons (Fsp3) is 0.222. The number of nitrogens with one attached hydrogen (secondary N) is 1. The highest BCUT2D eigenvalue weighted by Crippen LogP contribution is 2.29. The topological polar surface area (TPSA) is 74.3 Å². The summed E-state index contributed by atoms with van der Waals surface area (Å²) in [6.07, 6.45) is 4.02. The second kappa shape index (κ2) is 10.6. The molecule has 3 heterocycles. The summed E-state index contributed by atoms with van der Waals surface area (Å²) in [4.78, 5) is 29.4. The molecular weight excluding hydrogens is 497 g/mol. The molecule has 2 aromatic carbocycles. The number of carbonyl (C=O) groups excluding carboxylic acids is 1. The van der Waals surface area contributed by atoms with Crippen molar-refractivity contribution >= 4 is 34.9 Å². The molecule has 0 radical (unpaired) electrons. The van der Waals surface area contributed by atoms with E-state index >= 15 is 0 Å². The van der Waals surface area contributed by atoms with E-state index in [9.17, 15) is 4.79 Å². The molecule has 0 aliphatic carbocycles. The number of amides is 1. The van der Waals surface area contributed by atoms with Gasteiger partial charge in [-0.1, -0.05) is 41.4 Å². The Morgan fingerprint density at radius 2 is 1.81 bits per heavy atom. The number of aromatic amines is 1. The Labute approximate surface area is 219 Å². The Hall–Kier alpha value is -3.55. The van der Waals surface area contributed by atoms with Crippen LogP contribution in [0.4, 0.5) is 5.82 Å². The standard InChI is InChI=1S/C27H25Cl2N5O2/c1-36-21-4-2-3-18(13-21)14-26(35)34-11-9-33(10-12-34)25-8-6-20(16-30-25)27-31-17-24(32-27)19-5-7-22(28)23(29)15-19/h2-8,13,15-17H,9-12,14H2,1H3,(H,31,32). The van der Waals surface area contributed by atoms with Crippen molar-refractivity contribution in [3.8, 4) is 28.4 Å². The average Bonchev–Trinajstić information content (AvgIpc) is 3.41. The van der Waals surface area contributed by atoms with Crippen LogP contribution in [0.15, 0.2) is 67.0 Å². The highest BCUT2D eigenvalue weighted by Gasteiger charge is 2.22. The van der Waals surface area contributed by atoms with Gasteiger partial charge in [0.15, 0.2) is 0 Å². The predicted octanol–water partition coefficient (Wildman–Crippen LogP) is 5.35. The van der Waals surface area contributed by atoms with Crippen LogP contribution in [0.1, 0.15) is 5.56 Å². The normalized spacial score (nSPS) is 13.6. The summed E-state index contributed by atoms with van der Waals surface area (Å²) < 4.78 is 5.26. The van der Waals surface area contributed by atoms with Crippen molar-refractivity contribution in [3.05, 3.63) is 82.6 Å². The van der Waals surface area contributed by atoms with Gasteiger partial charge in [0.2, 0.25) is 5.91 Å². The number of anilines is 1. The molecule has 9 heteroatoms. The van der Waals surface area contributed by atoms with Crippen molar-refractivity contribution in [1.29, 1.82) is 0 Å². The number of H-pyrrole nitrogens is 1. The summed E-state index contributed by atoms with van der Waals surface area (Å²) in [7, 11) is 1.63. The van der Waals surface area contributed by atoms with Gasteiger partial charge in [-0.2, -0.15) is 0 Å². The Balaban J connectivity index is 1.19. The van der Waals surface area contributed by atoms with Gasteiger partial charge < -0.3 is 19.5 Å². The number of nitrogens with zero attached hydrogens (tertiary/aromatic N) is 4. The van der Waals surface area contributed by atoms with Gasteiger partial charge in [-0.3, -0.25) is 4.79 Å². The third kappa shape index (κ3) is 5.32. The Bertz CT molecular complexity index is 1360. The second-order valence-corrected chi connectivity index (χ2v) is 9.38. The lowest BCUT2D eigenvalue weighted by molar-refractivity contribution is -0.130. The van der Waals surface area contributed by atoms with Gasteiger partial charge in [0.05, 0.1) is 29.3 Å². The molecule has 36 heavy (non-hydrogen) atoms. The first-order valence-electron chi connectivity index (χ1n) is 11.6. The molecule has 0 atom stereocenters. The largest absolute Gasteiger partial charge is 0.497 e. The number of halogens is 2. The first-order valence-corrected chi connectivity index (χ1v) is 12.4. The number of methoxy groups -OCH3 is 1. The summed E-state index contributed by atoms with van der Waals surface area (Å²) >= 11 is 12.2. The first kappa shape index (κ1) is 24.2. The van der Waals surface area contributed by atoms with Crippen LogP contribution in [-0.2, 0) is 11.2 Å². The highest BCUT2D eigenvalue weighted by molar-refractivity contribution is 6.42. The van der Waals surface area contributed by atoms with Gasteiger partial charge >= 0.3 is 0 Å². The molecule has 0 bridgehead atoms. The van der Waals surface area contributed by atoms with Crippen LogP contribution >= 0.6 is 23.2 Å². The van der Waals surface area contributed by atoms with E-state index in [0.717, 1.165) is 52.9 Å². The van der Waals surface area contributed by atoms with E-state index < -0.39 is 0 Å². The van der Waals surface area contributed by atoms with E-state index in [1.165, 1.54) is 0 Å². The first-order chi connectivity index (χ1) is 17.5. The average molecular weight is 522 g/mol. The number of hydrogen-bond donors (Lipinski definition) is 1. The Morgan fingerprint density at radius 1 is 1.00 bits per heavy atom. The zero-order chi connectivity index (χ0) is 25.1. The third-order valence-corrected chi connectivity index (χ3v) is 7.00. The minimum atomic E-state index is 0.127. The zero-order valence-electron chi connectivity index (χ0n) is 19.7. The van der Waals surface area contributed by atoms with Crippen molar-refractivity contribution in [2.75, 3.05) is 38.2 Å². The summed E-state index contributed by atoms with van der Waals surface area (Å²) in [5.74, 6) is 2.50. The molecule has 1 amide bonds. The minimum absolute atomic E-state index is 0.127. The smallest absolute Gasteiger partial charge is 0.227 e. The molecule has 1 aliphatic rings. The number of pyridine rings is 1. The molecule has 7 nitrogen and oxygen atoms in total. The molecule has 1 aliphatic heterocycles. The van der Waals surface area contributed by atoms with E-state index in [1.807, 2.05) is 59.8 Å². The maximum atomic E-state index is 12.8. The van der Waals surface area contributed by atoms with Crippen LogP contribution < -0.4 is 9.64 Å². The molecule has 2 aromatic heterocycles. The molecule has 0 saturated carbocycles. The van der Waals surface area contributed by atoms with Crippen LogP contribution in [0.2, 0.25) is 10.0 Å². The Kier molecular flexibility index (Phi) is 7.11. The third-order valence-electron chi connectivity index (χ3n) is 6.26. The van der Waals surface area contributed by atoms with Gasteiger partial charge in [-0.25, -0.2) is 9.97 Å². The SMILES string of the molecule is COc1cccc(CC(=O)N2CCN(c3ccc(-c4nc(-c5ccc(Cl)c(Cl)c5)c[nH]4)cn3)CC2)c1. The molecule has 0 unspecified atom stereocenters. The lowest BCUT2D eigenvalue weighted by Gasteiger charge is -2.35. The van der Waals surface area contributed by atoms with E-state index in [1.54, 1.807) is 19.2 Å². The molecule has 4 aromatic rings. The lowest BCUT2D eigenvalue weighted by atomic mass is 10.1. The summed E-state index contributed by atoms with van der Waals surface area (Å²) in [5, 5.41) is 1.00. The molecule has 1 fully saturated rings. The quantitative estimate of drug-likeness (QED) is 0.370. The number of imidazole rings is 1. The van der Waals surface area contributed by atoms with Crippen molar-refractivity contribution in [2.45, 2.75) is 6.42 Å². The summed E-state index contributed by atoms with van der Waals surface area (Å²) in [6, 6.07) is 17.1. The fourth-order valence-electron chi connectivity index (χ4n) is 4.24. The molecule has 184 valence electrons. The summed E-state index contributed by atoms with van der Waals surface area (Å²) in [5.41, 5.74) is 3.51. The molecule has 0 spiro atoms. The molecule has 1 saturated heterocycles. The fourth-order valence-corrected chi connectivity index (χ4v) is 4.54. The van der Waals surface area contributed by atoms with Crippen LogP contribution in [0.25, 0.3) is 22.6 Å². The monoisotopic (exact) mass is 521 g/mol. The van der Waals surface area contributed by atoms with E-state index in [4.69, 9.17) is 27.9 Å². The molecule has 1 N–H and O–H groups in total. The number of hydrogen-bond acceptors (Lipinski definition) is 5. The van der Waals surface area contributed by atoms with Gasteiger partial charge in [-0.15, -0.1) is 0 Å². The van der Waals surface area contributed by atoms with Gasteiger partial charge in [0, 0.05) is 49.7 Å². The number of benzene rings is 2. The van der Waals surface area contributed by atoms with Crippen molar-refractivity contribution in [2.24, 2.45) is 0 Å². The van der Waals surface area contributed by atoms with Crippen LogP contribution in [-0.4, -0.2) is 59.0 Å². The van der Waals surface area contributed by atoms with Crippen molar-refractivity contribution in [3.63, 3.8) is 0 Å². The van der Waals surface area contributed by atoms with E-state index in [2.05, 4.69) is 19.9 Å². The van der Waals surface area contributed by atoms with E-state index in [0.29, 0.717) is 29.6 Å². The zero-order valence-corrected chi connectivity index (χ0v) is 21.3. The van der Waals surface area contributed by atoms with Crippen LogP contribution in [0.5, 0.6) is 5.75 Å². The van der Waals surface area contributed by atoms with Gasteiger partial charge in [0.25, 0.3) is 0 Å². The highest BCUT2D eigenvalue weighted by atomic mass is 35.5. The van der Waals surface area contributed by atoms with Crippen LogP contribution in [0, 0.1) is 0 Å².